The molecule has 0 aliphatic carbocycles. The quantitative estimate of drug-likeness (QED) is 0.160. The molecule has 0 atom stereocenters. The number of phenols is 6. The fraction of sp³-hybridized carbons (Fsp3) is 0. The summed E-state index contributed by atoms with van der Waals surface area (Å²) in [6, 6.07) is 15.2. The van der Waals surface area contributed by atoms with Crippen LogP contribution in [0.4, 0.5) is 0 Å². The maximum Gasteiger partial charge on any atom is 0.232 e. The van der Waals surface area contributed by atoms with Crippen molar-refractivity contribution in [2.45, 2.75) is 0 Å². The van der Waals surface area contributed by atoms with Gasteiger partial charge in [0.15, 0.2) is 34.5 Å². The first kappa shape index (κ1) is 24.4. The standard InChI is InChI=1S/C30H18O10/c31-15-3-5-17-23(11-15)39-29(27(17)37)25(13-1-7-19(33)21(35)9-13)26(14-2-8-20(34)22(36)10-14)30-28(38)18-6-4-16(32)12-24(18)40-30/h1-12,31-36H/b29-25-,30-26-. The Morgan fingerprint density at radius 2 is 0.875 bits per heavy atom. The van der Waals surface area contributed by atoms with Crippen molar-refractivity contribution in [3.63, 3.8) is 0 Å². The third-order valence-corrected chi connectivity index (χ3v) is 6.49. The SMILES string of the molecule is O=C1/C(=C(/C(=C2\Oc3cc(O)ccc3C2=O)c2ccc(O)c(O)c2)c2ccc(O)c(O)c2)Oc2cc(O)ccc21. The molecule has 0 aromatic heterocycles. The van der Waals surface area contributed by atoms with E-state index in [0.29, 0.717) is 0 Å². The number of benzene rings is 4. The van der Waals surface area contributed by atoms with Gasteiger partial charge in [0, 0.05) is 23.3 Å². The van der Waals surface area contributed by atoms with Gasteiger partial charge < -0.3 is 40.1 Å². The van der Waals surface area contributed by atoms with Gasteiger partial charge in [0.1, 0.15) is 23.0 Å². The monoisotopic (exact) mass is 538 g/mol. The zero-order valence-electron chi connectivity index (χ0n) is 20.2. The van der Waals surface area contributed by atoms with E-state index < -0.39 is 34.6 Å². The lowest BCUT2D eigenvalue weighted by Crippen LogP contribution is -2.10. The molecule has 198 valence electrons. The Morgan fingerprint density at radius 3 is 1.25 bits per heavy atom. The number of rotatable bonds is 3. The molecule has 0 bridgehead atoms. The molecular formula is C30H18O10. The number of Topliss-reactive ketones (excluding diaryl/α,β-unsaturated/α-hetero) is 2. The molecule has 2 aliphatic rings. The first-order valence-electron chi connectivity index (χ1n) is 11.8. The van der Waals surface area contributed by atoms with E-state index in [4.69, 9.17) is 9.47 Å². The van der Waals surface area contributed by atoms with Crippen LogP contribution in [0.2, 0.25) is 0 Å². The molecule has 2 heterocycles. The van der Waals surface area contributed by atoms with E-state index in [1.54, 1.807) is 0 Å². The van der Waals surface area contributed by atoms with Gasteiger partial charge >= 0.3 is 0 Å². The van der Waals surface area contributed by atoms with Crippen LogP contribution in [0.3, 0.4) is 0 Å². The maximum atomic E-state index is 13.6. The lowest BCUT2D eigenvalue weighted by atomic mass is 9.87. The fourth-order valence-corrected chi connectivity index (χ4v) is 4.59. The number of carbonyl (C=O) groups is 2. The van der Waals surface area contributed by atoms with Gasteiger partial charge in [0.2, 0.25) is 11.6 Å². The third kappa shape index (κ3) is 3.82. The van der Waals surface area contributed by atoms with Gasteiger partial charge in [-0.1, -0.05) is 12.1 Å². The number of allylic oxidation sites excluding steroid dienone is 4. The fourth-order valence-electron chi connectivity index (χ4n) is 4.59. The summed E-state index contributed by atoms with van der Waals surface area (Å²) < 4.78 is 11.8. The van der Waals surface area contributed by atoms with Gasteiger partial charge in [-0.3, -0.25) is 9.59 Å². The predicted octanol–water partition coefficient (Wildman–Crippen LogP) is 4.59. The van der Waals surface area contributed by atoms with Crippen molar-refractivity contribution in [2.75, 3.05) is 0 Å². The smallest absolute Gasteiger partial charge is 0.232 e. The Kier molecular flexibility index (Phi) is 5.40. The highest BCUT2D eigenvalue weighted by Gasteiger charge is 2.38. The average molecular weight is 538 g/mol. The number of carbonyl (C=O) groups excluding carboxylic acids is 2. The molecule has 10 heteroatoms. The average Bonchev–Trinajstić information content (AvgIpc) is 3.41. The summed E-state index contributed by atoms with van der Waals surface area (Å²) >= 11 is 0. The van der Waals surface area contributed by atoms with Crippen LogP contribution in [-0.4, -0.2) is 42.2 Å². The lowest BCUT2D eigenvalue weighted by molar-refractivity contribution is 0.100. The maximum absolute atomic E-state index is 13.6. The molecule has 0 spiro atoms. The molecule has 0 amide bonds. The van der Waals surface area contributed by atoms with Crippen LogP contribution in [-0.2, 0) is 0 Å². The molecule has 2 aliphatic heterocycles. The van der Waals surface area contributed by atoms with Gasteiger partial charge in [-0.2, -0.15) is 0 Å². The summed E-state index contributed by atoms with van der Waals surface area (Å²) in [7, 11) is 0. The highest BCUT2D eigenvalue weighted by atomic mass is 16.5. The molecule has 0 radical (unpaired) electrons. The summed E-state index contributed by atoms with van der Waals surface area (Å²) in [6.45, 7) is 0. The number of ether oxygens (including phenoxy) is 2. The van der Waals surface area contributed by atoms with Gasteiger partial charge in [0.25, 0.3) is 0 Å². The number of aromatic hydroxyl groups is 6. The Morgan fingerprint density at radius 1 is 0.475 bits per heavy atom. The van der Waals surface area contributed by atoms with Crippen molar-refractivity contribution in [1.29, 1.82) is 0 Å². The summed E-state index contributed by atoms with van der Waals surface area (Å²) in [5.74, 6) is -4.12. The van der Waals surface area contributed by atoms with Crippen LogP contribution in [0.1, 0.15) is 31.8 Å². The Hall–Kier alpha value is -5.90. The first-order chi connectivity index (χ1) is 19.1. The zero-order valence-corrected chi connectivity index (χ0v) is 20.2. The van der Waals surface area contributed by atoms with Crippen LogP contribution >= 0.6 is 0 Å². The van der Waals surface area contributed by atoms with Crippen molar-refractivity contribution in [2.24, 2.45) is 0 Å². The molecule has 4 aromatic carbocycles. The molecule has 40 heavy (non-hydrogen) atoms. The molecule has 4 aromatic rings. The topological polar surface area (TPSA) is 174 Å². The number of fused-ring (bicyclic) bond motifs is 2. The normalized spacial score (nSPS) is 16.2. The second-order valence-corrected chi connectivity index (χ2v) is 9.04. The van der Waals surface area contributed by atoms with Crippen molar-refractivity contribution in [3.05, 3.63) is 107 Å². The summed E-state index contributed by atoms with van der Waals surface area (Å²) in [5, 5.41) is 60.5. The van der Waals surface area contributed by atoms with E-state index in [1.807, 2.05) is 0 Å². The molecule has 0 saturated carbocycles. The van der Waals surface area contributed by atoms with E-state index in [9.17, 15) is 40.2 Å². The number of ketones is 2. The minimum Gasteiger partial charge on any atom is -0.508 e. The van der Waals surface area contributed by atoms with Crippen LogP contribution in [0.25, 0.3) is 11.1 Å². The van der Waals surface area contributed by atoms with Crippen LogP contribution in [0.15, 0.2) is 84.3 Å². The summed E-state index contributed by atoms with van der Waals surface area (Å²) in [6.07, 6.45) is 0. The molecule has 6 rings (SSSR count). The van der Waals surface area contributed by atoms with Crippen molar-refractivity contribution < 1.29 is 49.7 Å². The van der Waals surface area contributed by atoms with Crippen molar-refractivity contribution >= 4 is 22.7 Å². The Balaban J connectivity index is 1.71. The number of hydrogen-bond acceptors (Lipinski definition) is 10. The zero-order chi connectivity index (χ0) is 28.3. The van der Waals surface area contributed by atoms with Crippen LogP contribution in [0, 0.1) is 0 Å². The number of hydrogen-bond donors (Lipinski definition) is 6. The summed E-state index contributed by atoms with van der Waals surface area (Å²) in [5.41, 5.74) is 0.306. The van der Waals surface area contributed by atoms with Gasteiger partial charge in [-0.05, 0) is 59.7 Å². The molecule has 10 nitrogen and oxygen atoms in total. The van der Waals surface area contributed by atoms with Gasteiger partial charge in [0.05, 0.1) is 11.1 Å². The third-order valence-electron chi connectivity index (χ3n) is 6.49. The second-order valence-electron chi connectivity index (χ2n) is 9.04. The predicted molar refractivity (Wildman–Crippen MR) is 140 cm³/mol. The second kappa shape index (κ2) is 8.84. The van der Waals surface area contributed by atoms with Crippen molar-refractivity contribution in [3.8, 4) is 46.0 Å². The molecule has 0 unspecified atom stereocenters. The molecule has 6 N–H and O–H groups in total. The highest BCUT2D eigenvalue weighted by Crippen LogP contribution is 2.47. The van der Waals surface area contributed by atoms with Crippen LogP contribution in [0.5, 0.6) is 46.0 Å². The largest absolute Gasteiger partial charge is 0.508 e. The van der Waals surface area contributed by atoms with E-state index >= 15 is 0 Å². The van der Waals surface area contributed by atoms with Crippen LogP contribution < -0.4 is 9.47 Å². The molecule has 0 saturated heterocycles. The van der Waals surface area contributed by atoms with Crippen molar-refractivity contribution in [1.82, 2.24) is 0 Å². The molecule has 0 fully saturated rings. The molecular weight excluding hydrogens is 520 g/mol. The first-order valence-corrected chi connectivity index (χ1v) is 11.8. The minimum atomic E-state index is -0.626. The van der Waals surface area contributed by atoms with E-state index in [2.05, 4.69) is 0 Å². The highest BCUT2D eigenvalue weighted by molar-refractivity contribution is 6.27. The van der Waals surface area contributed by atoms with E-state index in [0.717, 1.165) is 12.1 Å². The Labute approximate surface area is 225 Å². The summed E-state index contributed by atoms with van der Waals surface area (Å²) in [4.78, 5) is 27.3. The van der Waals surface area contributed by atoms with E-state index in [-0.39, 0.29) is 67.9 Å². The lowest BCUT2D eigenvalue weighted by Gasteiger charge is -2.18. The van der Waals surface area contributed by atoms with Gasteiger partial charge in [-0.25, -0.2) is 0 Å². The Bertz CT molecular complexity index is 1710. The number of phenolic OH excluding ortho intramolecular Hbond substituents is 6. The minimum absolute atomic E-state index is 0.0327. The van der Waals surface area contributed by atoms with E-state index in [1.165, 1.54) is 60.7 Å². The van der Waals surface area contributed by atoms with Gasteiger partial charge in [-0.15, -0.1) is 0 Å².